The molecule has 0 aromatic rings. The zero-order valence-electron chi connectivity index (χ0n) is 10.5. The lowest BCUT2D eigenvalue weighted by Crippen LogP contribution is -2.43. The molecule has 0 amide bonds. The Bertz CT molecular complexity index is 221. The summed E-state index contributed by atoms with van der Waals surface area (Å²) in [6.45, 7) is 0. The zero-order chi connectivity index (χ0) is 10.5. The van der Waals surface area contributed by atoms with Gasteiger partial charge >= 0.3 is 0 Å². The van der Waals surface area contributed by atoms with Crippen molar-refractivity contribution in [2.75, 3.05) is 0 Å². The van der Waals surface area contributed by atoms with Crippen molar-refractivity contribution in [1.29, 1.82) is 0 Å². The summed E-state index contributed by atoms with van der Waals surface area (Å²) in [5, 5.41) is 0. The van der Waals surface area contributed by atoms with E-state index in [4.69, 9.17) is 0 Å². The predicted octanol–water partition coefficient (Wildman–Crippen LogP) is 4.64. The Hall–Kier alpha value is 0. The quantitative estimate of drug-likeness (QED) is 0.647. The molecule has 0 heteroatoms. The second-order valence-corrected chi connectivity index (χ2v) is 7.37. The molecular formula is C16H26. The van der Waals surface area contributed by atoms with Crippen LogP contribution >= 0.6 is 0 Å². The summed E-state index contributed by atoms with van der Waals surface area (Å²) in [4.78, 5) is 0. The van der Waals surface area contributed by atoms with Gasteiger partial charge in [-0.05, 0) is 61.2 Å². The van der Waals surface area contributed by atoms with Gasteiger partial charge in [-0.1, -0.05) is 38.5 Å². The third-order valence-electron chi connectivity index (χ3n) is 6.72. The second kappa shape index (κ2) is 3.75. The summed E-state index contributed by atoms with van der Waals surface area (Å²) in [5.74, 6) is 7.09. The van der Waals surface area contributed by atoms with Gasteiger partial charge in [0, 0.05) is 0 Å². The Labute approximate surface area is 100 Å². The van der Waals surface area contributed by atoms with Crippen LogP contribution in [0.4, 0.5) is 0 Å². The third-order valence-corrected chi connectivity index (χ3v) is 6.72. The molecule has 0 aromatic carbocycles. The normalized spacial score (nSPS) is 48.8. The first-order chi connectivity index (χ1) is 7.90. The smallest absolute Gasteiger partial charge is 0.0380 e. The standard InChI is InChI=1S/C16H26/c1-3-11(4-1)13-7-15(8-13)16-9-14(10-16)12-5-2-6-12/h11-16H,1-10H2. The van der Waals surface area contributed by atoms with E-state index in [1.165, 1.54) is 35.5 Å². The van der Waals surface area contributed by atoms with Crippen molar-refractivity contribution in [3.8, 4) is 0 Å². The van der Waals surface area contributed by atoms with Crippen LogP contribution in [0.1, 0.15) is 64.2 Å². The molecule has 0 saturated heterocycles. The molecule has 4 fully saturated rings. The molecule has 0 unspecified atom stereocenters. The van der Waals surface area contributed by atoms with Crippen molar-refractivity contribution in [3.05, 3.63) is 0 Å². The molecule has 4 aliphatic carbocycles. The first-order valence-corrected chi connectivity index (χ1v) is 7.90. The molecule has 0 heterocycles. The monoisotopic (exact) mass is 218 g/mol. The lowest BCUT2D eigenvalue weighted by Gasteiger charge is -2.53. The van der Waals surface area contributed by atoms with Crippen LogP contribution in [0, 0.1) is 35.5 Å². The number of rotatable bonds is 3. The SMILES string of the molecule is C1CC(C2CC(C3CC(C4CCC4)C3)C2)C1. The molecule has 90 valence electrons. The summed E-state index contributed by atoms with van der Waals surface area (Å²) < 4.78 is 0. The van der Waals surface area contributed by atoms with E-state index in [1.54, 1.807) is 64.2 Å². The molecule has 0 aromatic heterocycles. The maximum absolute atomic E-state index is 1.63. The highest BCUT2D eigenvalue weighted by Crippen LogP contribution is 2.57. The highest BCUT2D eigenvalue weighted by Gasteiger charge is 2.46. The van der Waals surface area contributed by atoms with E-state index < -0.39 is 0 Å². The molecule has 4 aliphatic rings. The molecule has 16 heavy (non-hydrogen) atoms. The fraction of sp³-hybridized carbons (Fsp3) is 1.00. The topological polar surface area (TPSA) is 0 Å². The van der Waals surface area contributed by atoms with Crippen LogP contribution < -0.4 is 0 Å². The van der Waals surface area contributed by atoms with Crippen LogP contribution in [0.2, 0.25) is 0 Å². The minimum absolute atomic E-state index is 1.18. The van der Waals surface area contributed by atoms with Crippen molar-refractivity contribution >= 4 is 0 Å². The van der Waals surface area contributed by atoms with E-state index in [9.17, 15) is 0 Å². The van der Waals surface area contributed by atoms with Gasteiger partial charge in [-0.3, -0.25) is 0 Å². The summed E-state index contributed by atoms with van der Waals surface area (Å²) in [6, 6.07) is 0. The summed E-state index contributed by atoms with van der Waals surface area (Å²) in [5.41, 5.74) is 0. The molecule has 4 rings (SSSR count). The maximum Gasteiger partial charge on any atom is -0.0380 e. The van der Waals surface area contributed by atoms with E-state index in [0.717, 1.165) is 0 Å². The molecule has 0 N–H and O–H groups in total. The Morgan fingerprint density at radius 3 is 0.938 bits per heavy atom. The second-order valence-electron chi connectivity index (χ2n) is 7.37. The summed E-state index contributed by atoms with van der Waals surface area (Å²) in [7, 11) is 0. The molecule has 0 nitrogen and oxygen atoms in total. The molecule has 0 aliphatic heterocycles. The van der Waals surface area contributed by atoms with Crippen LogP contribution in [0.15, 0.2) is 0 Å². The molecule has 0 bridgehead atoms. The van der Waals surface area contributed by atoms with E-state index >= 15 is 0 Å². The van der Waals surface area contributed by atoms with Crippen LogP contribution in [0.3, 0.4) is 0 Å². The van der Waals surface area contributed by atoms with Gasteiger partial charge in [0.2, 0.25) is 0 Å². The van der Waals surface area contributed by atoms with Gasteiger partial charge in [0.25, 0.3) is 0 Å². The average Bonchev–Trinajstić information content (AvgIpc) is 1.96. The maximum atomic E-state index is 1.63. The number of hydrogen-bond donors (Lipinski definition) is 0. The van der Waals surface area contributed by atoms with Gasteiger partial charge in [-0.25, -0.2) is 0 Å². The zero-order valence-corrected chi connectivity index (χ0v) is 10.5. The largest absolute Gasteiger partial charge is 0.0528 e. The van der Waals surface area contributed by atoms with Crippen LogP contribution in [0.25, 0.3) is 0 Å². The summed E-state index contributed by atoms with van der Waals surface area (Å²) in [6.07, 6.45) is 15.9. The molecule has 4 saturated carbocycles. The highest BCUT2D eigenvalue weighted by molar-refractivity contribution is 4.97. The van der Waals surface area contributed by atoms with Gasteiger partial charge in [-0.2, -0.15) is 0 Å². The first-order valence-electron chi connectivity index (χ1n) is 7.90. The number of hydrogen-bond acceptors (Lipinski definition) is 0. The van der Waals surface area contributed by atoms with Crippen molar-refractivity contribution < 1.29 is 0 Å². The van der Waals surface area contributed by atoms with Gasteiger partial charge in [-0.15, -0.1) is 0 Å². The minimum atomic E-state index is 1.18. The molecule has 0 atom stereocenters. The Balaban J connectivity index is 1.20. The van der Waals surface area contributed by atoms with E-state index in [0.29, 0.717) is 0 Å². The average molecular weight is 218 g/mol. The lowest BCUT2D eigenvalue weighted by atomic mass is 9.52. The fourth-order valence-corrected chi connectivity index (χ4v) is 4.78. The van der Waals surface area contributed by atoms with Crippen LogP contribution in [0.5, 0.6) is 0 Å². The van der Waals surface area contributed by atoms with Crippen molar-refractivity contribution in [3.63, 3.8) is 0 Å². The van der Waals surface area contributed by atoms with Crippen LogP contribution in [-0.4, -0.2) is 0 Å². The Morgan fingerprint density at radius 2 is 0.688 bits per heavy atom. The van der Waals surface area contributed by atoms with Crippen molar-refractivity contribution in [2.24, 2.45) is 35.5 Å². The lowest BCUT2D eigenvalue weighted by molar-refractivity contribution is -0.0310. The van der Waals surface area contributed by atoms with E-state index in [1.807, 2.05) is 0 Å². The third kappa shape index (κ3) is 1.48. The van der Waals surface area contributed by atoms with Gasteiger partial charge in [0.05, 0.1) is 0 Å². The Morgan fingerprint density at radius 1 is 0.375 bits per heavy atom. The van der Waals surface area contributed by atoms with Crippen molar-refractivity contribution in [2.45, 2.75) is 64.2 Å². The molecule has 0 radical (unpaired) electrons. The minimum Gasteiger partial charge on any atom is -0.0528 e. The van der Waals surface area contributed by atoms with Gasteiger partial charge in [0.1, 0.15) is 0 Å². The van der Waals surface area contributed by atoms with Gasteiger partial charge < -0.3 is 0 Å². The van der Waals surface area contributed by atoms with E-state index in [-0.39, 0.29) is 0 Å². The molecule has 0 spiro atoms. The van der Waals surface area contributed by atoms with Gasteiger partial charge in [0.15, 0.2) is 0 Å². The fourth-order valence-electron chi connectivity index (χ4n) is 4.78. The summed E-state index contributed by atoms with van der Waals surface area (Å²) >= 11 is 0. The van der Waals surface area contributed by atoms with Crippen LogP contribution in [-0.2, 0) is 0 Å². The Kier molecular flexibility index (Phi) is 2.34. The molecular weight excluding hydrogens is 192 g/mol. The van der Waals surface area contributed by atoms with Crippen molar-refractivity contribution in [1.82, 2.24) is 0 Å². The van der Waals surface area contributed by atoms with E-state index in [2.05, 4.69) is 0 Å². The first kappa shape index (κ1) is 9.97. The highest BCUT2D eigenvalue weighted by atomic mass is 14.5. The predicted molar refractivity (Wildman–Crippen MR) is 67.1 cm³/mol.